The summed E-state index contributed by atoms with van der Waals surface area (Å²) in [6.45, 7) is 3.02. The molecule has 0 spiro atoms. The lowest BCUT2D eigenvalue weighted by atomic mass is 9.95. The fraction of sp³-hybridized carbons (Fsp3) is 0.318. The zero-order valence-corrected chi connectivity index (χ0v) is 15.8. The van der Waals surface area contributed by atoms with Crippen LogP contribution in [0.1, 0.15) is 17.0 Å². The van der Waals surface area contributed by atoms with Crippen molar-refractivity contribution in [3.05, 3.63) is 71.9 Å². The molecule has 28 heavy (non-hydrogen) atoms. The second kappa shape index (κ2) is 8.35. The Hall–Kier alpha value is -2.99. The molecule has 0 unspecified atom stereocenters. The van der Waals surface area contributed by atoms with E-state index in [0.717, 1.165) is 12.0 Å². The maximum atomic E-state index is 12.6. The first-order valence-corrected chi connectivity index (χ1v) is 9.47. The molecule has 2 aromatic heterocycles. The number of nitrogens with one attached hydrogen (secondary N) is 1. The first-order chi connectivity index (χ1) is 13.7. The van der Waals surface area contributed by atoms with Gasteiger partial charge in [-0.05, 0) is 43.2 Å². The van der Waals surface area contributed by atoms with Crippen LogP contribution in [-0.2, 0) is 22.4 Å². The van der Waals surface area contributed by atoms with E-state index in [1.165, 1.54) is 5.56 Å². The highest BCUT2D eigenvalue weighted by molar-refractivity contribution is 5.79. The van der Waals surface area contributed by atoms with Gasteiger partial charge < -0.3 is 14.5 Å². The van der Waals surface area contributed by atoms with Gasteiger partial charge in [0.15, 0.2) is 0 Å². The van der Waals surface area contributed by atoms with E-state index in [-0.39, 0.29) is 24.3 Å². The third kappa shape index (κ3) is 4.28. The third-order valence-corrected chi connectivity index (χ3v) is 5.03. The minimum Gasteiger partial charge on any atom is -0.441 e. The van der Waals surface area contributed by atoms with E-state index in [1.54, 1.807) is 12.4 Å². The molecule has 4 rings (SSSR count). The van der Waals surface area contributed by atoms with E-state index < -0.39 is 0 Å². The normalized spacial score (nSPS) is 18.9. The SMILES string of the molecule is Cc1oc(-c2ccccc2)nc1CC(=O)N[C@@H]1COC[C@H]1Cc1ccncc1. The summed E-state index contributed by atoms with van der Waals surface area (Å²) in [6.07, 6.45) is 4.63. The zero-order chi connectivity index (χ0) is 19.3. The van der Waals surface area contributed by atoms with E-state index in [4.69, 9.17) is 9.15 Å². The summed E-state index contributed by atoms with van der Waals surface area (Å²) < 4.78 is 11.4. The fourth-order valence-electron chi connectivity index (χ4n) is 3.49. The molecule has 3 aromatic rings. The van der Waals surface area contributed by atoms with Crippen molar-refractivity contribution in [3.8, 4) is 11.5 Å². The number of amides is 1. The fourth-order valence-corrected chi connectivity index (χ4v) is 3.49. The minimum absolute atomic E-state index is 0.00136. The van der Waals surface area contributed by atoms with E-state index in [2.05, 4.69) is 15.3 Å². The number of hydrogen-bond acceptors (Lipinski definition) is 5. The average molecular weight is 377 g/mol. The van der Waals surface area contributed by atoms with Gasteiger partial charge in [-0.3, -0.25) is 9.78 Å². The maximum absolute atomic E-state index is 12.6. The second-order valence-electron chi connectivity index (χ2n) is 7.10. The smallest absolute Gasteiger partial charge is 0.226 e. The van der Waals surface area contributed by atoms with Crippen LogP contribution in [0, 0.1) is 12.8 Å². The van der Waals surface area contributed by atoms with Gasteiger partial charge >= 0.3 is 0 Å². The Morgan fingerprint density at radius 3 is 2.71 bits per heavy atom. The summed E-state index contributed by atoms with van der Waals surface area (Å²) in [5, 5.41) is 3.11. The van der Waals surface area contributed by atoms with E-state index in [0.29, 0.717) is 30.6 Å². The van der Waals surface area contributed by atoms with Crippen LogP contribution >= 0.6 is 0 Å². The molecular weight excluding hydrogens is 354 g/mol. The molecular formula is C22H23N3O3. The molecule has 0 saturated carbocycles. The molecule has 1 saturated heterocycles. The van der Waals surface area contributed by atoms with Gasteiger partial charge in [0.1, 0.15) is 5.76 Å². The van der Waals surface area contributed by atoms with Gasteiger partial charge in [0, 0.05) is 23.9 Å². The lowest BCUT2D eigenvalue weighted by Crippen LogP contribution is -2.41. The Morgan fingerprint density at radius 1 is 1.14 bits per heavy atom. The molecule has 1 N–H and O–H groups in total. The molecule has 6 nitrogen and oxygen atoms in total. The summed E-state index contributed by atoms with van der Waals surface area (Å²) in [4.78, 5) is 21.2. The van der Waals surface area contributed by atoms with Gasteiger partial charge in [-0.1, -0.05) is 18.2 Å². The quantitative estimate of drug-likeness (QED) is 0.715. The number of aryl methyl sites for hydroxylation is 1. The number of ether oxygens (including phenoxy) is 1. The predicted molar refractivity (Wildman–Crippen MR) is 105 cm³/mol. The standard InChI is InChI=1S/C22H23N3O3/c1-15-19(25-22(28-15)17-5-3-2-4-6-17)12-21(26)24-20-14-27-13-18(20)11-16-7-9-23-10-8-16/h2-10,18,20H,11-14H2,1H3,(H,24,26)/t18-,20-/m1/s1. The summed E-state index contributed by atoms with van der Waals surface area (Å²) in [6, 6.07) is 13.7. The molecule has 2 atom stereocenters. The van der Waals surface area contributed by atoms with Crippen LogP contribution in [0.25, 0.3) is 11.5 Å². The molecule has 1 aliphatic heterocycles. The van der Waals surface area contributed by atoms with Crippen LogP contribution in [0.3, 0.4) is 0 Å². The molecule has 0 aliphatic carbocycles. The highest BCUT2D eigenvalue weighted by Crippen LogP contribution is 2.22. The first-order valence-electron chi connectivity index (χ1n) is 9.47. The van der Waals surface area contributed by atoms with E-state index >= 15 is 0 Å². The number of carbonyl (C=O) groups excluding carboxylic acids is 1. The Morgan fingerprint density at radius 2 is 1.93 bits per heavy atom. The summed E-state index contributed by atoms with van der Waals surface area (Å²) in [5.74, 6) is 1.40. The Bertz CT molecular complexity index is 925. The van der Waals surface area contributed by atoms with Gasteiger partial charge in [0.25, 0.3) is 0 Å². The molecule has 1 aliphatic rings. The zero-order valence-electron chi connectivity index (χ0n) is 15.8. The Balaban J connectivity index is 1.38. The van der Waals surface area contributed by atoms with Crippen molar-refractivity contribution in [1.29, 1.82) is 0 Å². The largest absolute Gasteiger partial charge is 0.441 e. The van der Waals surface area contributed by atoms with Crippen molar-refractivity contribution < 1.29 is 13.9 Å². The van der Waals surface area contributed by atoms with Gasteiger partial charge in [-0.15, -0.1) is 0 Å². The number of hydrogen-bond donors (Lipinski definition) is 1. The van der Waals surface area contributed by atoms with Crippen LogP contribution in [-0.4, -0.2) is 35.1 Å². The lowest BCUT2D eigenvalue weighted by Gasteiger charge is -2.19. The highest BCUT2D eigenvalue weighted by Gasteiger charge is 2.30. The second-order valence-corrected chi connectivity index (χ2v) is 7.10. The predicted octanol–water partition coefficient (Wildman–Crippen LogP) is 2.96. The van der Waals surface area contributed by atoms with Crippen LogP contribution in [0.4, 0.5) is 0 Å². The number of nitrogens with zero attached hydrogens (tertiary/aromatic N) is 2. The highest BCUT2D eigenvalue weighted by atomic mass is 16.5. The van der Waals surface area contributed by atoms with Crippen LogP contribution < -0.4 is 5.32 Å². The topological polar surface area (TPSA) is 77.2 Å². The van der Waals surface area contributed by atoms with Crippen molar-refractivity contribution in [3.63, 3.8) is 0 Å². The van der Waals surface area contributed by atoms with Crippen LogP contribution in [0.5, 0.6) is 0 Å². The lowest BCUT2D eigenvalue weighted by molar-refractivity contribution is -0.121. The van der Waals surface area contributed by atoms with Gasteiger partial charge in [0.2, 0.25) is 11.8 Å². The Labute approximate surface area is 164 Å². The number of benzene rings is 1. The number of carbonyl (C=O) groups is 1. The van der Waals surface area contributed by atoms with Crippen molar-refractivity contribution in [2.45, 2.75) is 25.8 Å². The minimum atomic E-state index is -0.0637. The van der Waals surface area contributed by atoms with Gasteiger partial charge in [-0.2, -0.15) is 0 Å². The Kier molecular flexibility index (Phi) is 5.48. The van der Waals surface area contributed by atoms with Crippen molar-refractivity contribution in [2.75, 3.05) is 13.2 Å². The first kappa shape index (κ1) is 18.4. The number of aromatic nitrogens is 2. The summed E-state index contributed by atoms with van der Waals surface area (Å²) >= 11 is 0. The molecule has 1 fully saturated rings. The molecule has 0 bridgehead atoms. The van der Waals surface area contributed by atoms with Crippen molar-refractivity contribution >= 4 is 5.91 Å². The summed E-state index contributed by atoms with van der Waals surface area (Å²) in [7, 11) is 0. The molecule has 3 heterocycles. The van der Waals surface area contributed by atoms with Gasteiger partial charge in [0.05, 0.1) is 31.4 Å². The van der Waals surface area contributed by atoms with Crippen LogP contribution in [0.15, 0.2) is 59.3 Å². The molecule has 0 radical (unpaired) electrons. The summed E-state index contributed by atoms with van der Waals surface area (Å²) in [5.41, 5.74) is 2.77. The monoisotopic (exact) mass is 377 g/mol. The number of pyridine rings is 1. The van der Waals surface area contributed by atoms with Crippen LogP contribution in [0.2, 0.25) is 0 Å². The molecule has 1 amide bonds. The molecule has 6 heteroatoms. The number of rotatable bonds is 6. The van der Waals surface area contributed by atoms with Gasteiger partial charge in [-0.25, -0.2) is 4.98 Å². The third-order valence-electron chi connectivity index (χ3n) is 5.03. The van der Waals surface area contributed by atoms with Crippen molar-refractivity contribution in [2.24, 2.45) is 5.92 Å². The maximum Gasteiger partial charge on any atom is 0.226 e. The van der Waals surface area contributed by atoms with E-state index in [9.17, 15) is 4.79 Å². The van der Waals surface area contributed by atoms with Crippen molar-refractivity contribution in [1.82, 2.24) is 15.3 Å². The number of oxazole rings is 1. The molecule has 144 valence electrons. The van der Waals surface area contributed by atoms with E-state index in [1.807, 2.05) is 49.4 Å². The molecule has 1 aromatic carbocycles. The average Bonchev–Trinajstić information content (AvgIpc) is 3.30.